The number of allylic oxidation sites excluding steroid dienone is 2. The van der Waals surface area contributed by atoms with Gasteiger partial charge in [-0.25, -0.2) is 0 Å². The lowest BCUT2D eigenvalue weighted by molar-refractivity contribution is -0.146. The third-order valence-corrected chi connectivity index (χ3v) is 5.40. The molecule has 0 bridgehead atoms. The fourth-order valence-electron chi connectivity index (χ4n) is 3.58. The quantitative estimate of drug-likeness (QED) is 0.311. The molecular formula is C28H31NO4. The van der Waals surface area contributed by atoms with E-state index >= 15 is 0 Å². The number of carbonyl (C=O) groups excluding carboxylic acids is 1. The fraction of sp³-hybridized carbons (Fsp3) is 0.286. The van der Waals surface area contributed by atoms with Crippen molar-refractivity contribution < 1.29 is 19.4 Å². The van der Waals surface area contributed by atoms with E-state index in [4.69, 9.17) is 14.6 Å². The van der Waals surface area contributed by atoms with Gasteiger partial charge in [0.2, 0.25) is 0 Å². The second-order valence-electron chi connectivity index (χ2n) is 8.19. The minimum absolute atomic E-state index is 0.0469. The summed E-state index contributed by atoms with van der Waals surface area (Å²) in [6, 6.07) is 17.5. The average Bonchev–Trinajstić information content (AvgIpc) is 2.82. The van der Waals surface area contributed by atoms with E-state index in [-0.39, 0.29) is 25.1 Å². The molecule has 1 N–H and O–H groups in total. The van der Waals surface area contributed by atoms with Crippen LogP contribution >= 0.6 is 0 Å². The molecule has 0 amide bonds. The lowest BCUT2D eigenvalue weighted by atomic mass is 9.90. The summed E-state index contributed by atoms with van der Waals surface area (Å²) in [6.07, 6.45) is 4.00. The summed E-state index contributed by atoms with van der Waals surface area (Å²) in [4.78, 5) is 16.4. The Kier molecular flexibility index (Phi) is 8.39. The molecule has 0 unspecified atom stereocenters. The zero-order chi connectivity index (χ0) is 23.8. The van der Waals surface area contributed by atoms with Crippen LogP contribution in [0.3, 0.4) is 0 Å². The summed E-state index contributed by atoms with van der Waals surface area (Å²) in [7, 11) is 0. The van der Waals surface area contributed by atoms with Crippen LogP contribution in [0.4, 0.5) is 0 Å². The van der Waals surface area contributed by atoms with Crippen LogP contribution in [0.25, 0.3) is 16.5 Å². The van der Waals surface area contributed by atoms with Gasteiger partial charge in [-0.15, -0.1) is 0 Å². The van der Waals surface area contributed by atoms with Crippen molar-refractivity contribution >= 4 is 22.4 Å². The Morgan fingerprint density at radius 2 is 1.88 bits per heavy atom. The molecule has 3 aromatic rings. The van der Waals surface area contributed by atoms with E-state index in [2.05, 4.69) is 37.6 Å². The predicted molar refractivity (Wildman–Crippen MR) is 132 cm³/mol. The minimum Gasteiger partial charge on any atom is -0.491 e. The predicted octanol–water partition coefficient (Wildman–Crippen LogP) is 5.90. The highest BCUT2D eigenvalue weighted by Gasteiger charge is 2.17. The van der Waals surface area contributed by atoms with Gasteiger partial charge in [0.1, 0.15) is 18.5 Å². The first-order valence-electron chi connectivity index (χ1n) is 11.1. The normalized spacial score (nSPS) is 12.6. The summed E-state index contributed by atoms with van der Waals surface area (Å²) < 4.78 is 11.1. The van der Waals surface area contributed by atoms with Crippen molar-refractivity contribution in [2.24, 2.45) is 5.92 Å². The van der Waals surface area contributed by atoms with E-state index in [1.165, 1.54) is 6.92 Å². The highest BCUT2D eigenvalue weighted by molar-refractivity contribution is 5.86. The monoisotopic (exact) mass is 445 g/mol. The average molecular weight is 446 g/mol. The van der Waals surface area contributed by atoms with Crippen molar-refractivity contribution in [3.8, 4) is 5.75 Å². The van der Waals surface area contributed by atoms with Gasteiger partial charge in [0, 0.05) is 30.5 Å². The molecule has 1 atom stereocenters. The summed E-state index contributed by atoms with van der Waals surface area (Å²) in [5.41, 5.74) is 4.80. The molecule has 2 aromatic carbocycles. The SMILES string of the molecule is C=C(/C(=C/C[C@H](OC(C)=O)c1ccc(OCCO)cc1)c1cnc2ccccc2c1)C(C)C. The number of aliphatic hydroxyl groups is 1. The molecule has 172 valence electrons. The van der Waals surface area contributed by atoms with Crippen LogP contribution in [-0.2, 0) is 9.53 Å². The maximum absolute atomic E-state index is 11.8. The first-order chi connectivity index (χ1) is 15.9. The van der Waals surface area contributed by atoms with Gasteiger partial charge in [-0.2, -0.15) is 0 Å². The number of carbonyl (C=O) groups is 1. The summed E-state index contributed by atoms with van der Waals surface area (Å²) in [5.74, 6) is 0.560. The Labute approximate surface area is 195 Å². The van der Waals surface area contributed by atoms with Gasteiger partial charge >= 0.3 is 5.97 Å². The van der Waals surface area contributed by atoms with Crippen LogP contribution in [0.1, 0.15) is 44.4 Å². The number of fused-ring (bicyclic) bond motifs is 1. The first kappa shape index (κ1) is 24.2. The molecule has 0 radical (unpaired) electrons. The number of rotatable bonds is 10. The first-order valence-corrected chi connectivity index (χ1v) is 11.1. The second-order valence-corrected chi connectivity index (χ2v) is 8.19. The third-order valence-electron chi connectivity index (χ3n) is 5.40. The molecule has 33 heavy (non-hydrogen) atoms. The Hall–Kier alpha value is -3.44. The zero-order valence-electron chi connectivity index (χ0n) is 19.5. The number of pyridine rings is 1. The second kappa shape index (κ2) is 11.4. The largest absolute Gasteiger partial charge is 0.491 e. The molecular weight excluding hydrogens is 414 g/mol. The molecule has 0 aliphatic rings. The van der Waals surface area contributed by atoms with Crippen molar-refractivity contribution in [1.29, 1.82) is 0 Å². The van der Waals surface area contributed by atoms with Gasteiger partial charge in [0.25, 0.3) is 0 Å². The van der Waals surface area contributed by atoms with Gasteiger partial charge in [-0.05, 0) is 46.9 Å². The van der Waals surface area contributed by atoms with Crippen molar-refractivity contribution in [2.45, 2.75) is 33.3 Å². The number of ether oxygens (including phenoxy) is 2. The van der Waals surface area contributed by atoms with E-state index in [1.54, 1.807) is 0 Å². The number of para-hydroxylation sites is 1. The van der Waals surface area contributed by atoms with Crippen molar-refractivity contribution in [3.05, 3.63) is 90.1 Å². The summed E-state index contributed by atoms with van der Waals surface area (Å²) in [6.45, 7) is 10.1. The zero-order valence-corrected chi connectivity index (χ0v) is 19.5. The molecule has 5 heteroatoms. The van der Waals surface area contributed by atoms with E-state index in [1.807, 2.05) is 54.7 Å². The Morgan fingerprint density at radius 3 is 2.55 bits per heavy atom. The van der Waals surface area contributed by atoms with Gasteiger partial charge in [-0.1, -0.05) is 56.8 Å². The Morgan fingerprint density at radius 1 is 1.15 bits per heavy atom. The van der Waals surface area contributed by atoms with Crippen LogP contribution in [0.15, 0.2) is 79.0 Å². The van der Waals surface area contributed by atoms with Gasteiger partial charge in [0.05, 0.1) is 12.1 Å². The van der Waals surface area contributed by atoms with Crippen LogP contribution in [0, 0.1) is 5.92 Å². The smallest absolute Gasteiger partial charge is 0.303 e. The third kappa shape index (κ3) is 6.53. The van der Waals surface area contributed by atoms with Gasteiger partial charge < -0.3 is 14.6 Å². The number of hydrogen-bond acceptors (Lipinski definition) is 5. The number of aliphatic hydroxyl groups excluding tert-OH is 1. The lowest BCUT2D eigenvalue weighted by Crippen LogP contribution is -2.09. The van der Waals surface area contributed by atoms with Gasteiger partial charge in [0.15, 0.2) is 0 Å². The van der Waals surface area contributed by atoms with E-state index in [0.717, 1.165) is 33.2 Å². The van der Waals surface area contributed by atoms with Crippen molar-refractivity contribution in [2.75, 3.05) is 13.2 Å². The number of hydrogen-bond donors (Lipinski definition) is 1. The highest BCUT2D eigenvalue weighted by Crippen LogP contribution is 2.32. The molecule has 3 rings (SSSR count). The molecule has 0 aliphatic carbocycles. The van der Waals surface area contributed by atoms with Crippen molar-refractivity contribution in [1.82, 2.24) is 4.98 Å². The molecule has 0 fully saturated rings. The minimum atomic E-state index is -0.447. The van der Waals surface area contributed by atoms with Crippen LogP contribution in [0.2, 0.25) is 0 Å². The lowest BCUT2D eigenvalue weighted by Gasteiger charge is -2.19. The molecule has 1 heterocycles. The van der Waals surface area contributed by atoms with E-state index in [0.29, 0.717) is 12.2 Å². The van der Waals surface area contributed by atoms with Gasteiger partial charge in [-0.3, -0.25) is 9.78 Å². The molecule has 0 aliphatic heterocycles. The highest BCUT2D eigenvalue weighted by atomic mass is 16.5. The molecule has 0 saturated carbocycles. The maximum atomic E-state index is 11.8. The van der Waals surface area contributed by atoms with Crippen LogP contribution in [0.5, 0.6) is 5.75 Å². The number of aromatic nitrogens is 1. The fourth-order valence-corrected chi connectivity index (χ4v) is 3.58. The molecule has 5 nitrogen and oxygen atoms in total. The number of benzene rings is 2. The van der Waals surface area contributed by atoms with E-state index in [9.17, 15) is 4.79 Å². The molecule has 0 spiro atoms. The Bertz CT molecular complexity index is 1130. The maximum Gasteiger partial charge on any atom is 0.303 e. The van der Waals surface area contributed by atoms with E-state index < -0.39 is 6.10 Å². The summed E-state index contributed by atoms with van der Waals surface area (Å²) >= 11 is 0. The topological polar surface area (TPSA) is 68.7 Å². The number of esters is 1. The Balaban J connectivity index is 1.93. The number of nitrogens with zero attached hydrogens (tertiary/aromatic N) is 1. The molecule has 1 aromatic heterocycles. The van der Waals surface area contributed by atoms with Crippen molar-refractivity contribution in [3.63, 3.8) is 0 Å². The summed E-state index contributed by atoms with van der Waals surface area (Å²) in [5, 5.41) is 9.99. The molecule has 0 saturated heterocycles. The van der Waals surface area contributed by atoms with Crippen LogP contribution < -0.4 is 4.74 Å². The van der Waals surface area contributed by atoms with Crippen LogP contribution in [-0.4, -0.2) is 29.3 Å². The standard InChI is InChI=1S/C28H31NO4/c1-19(2)20(3)26(24-17-23-7-5-6-8-27(23)29-18-24)13-14-28(33-21(4)31)22-9-11-25(12-10-22)32-16-15-30/h5-13,17-19,28,30H,3,14-16H2,1-2,4H3/b26-13-/t28-/m0/s1.